The lowest BCUT2D eigenvalue weighted by Gasteiger charge is -2.42. The van der Waals surface area contributed by atoms with Gasteiger partial charge in [-0.15, -0.1) is 0 Å². The summed E-state index contributed by atoms with van der Waals surface area (Å²) < 4.78 is 9.20. The van der Waals surface area contributed by atoms with Gasteiger partial charge in [-0.2, -0.15) is 10.5 Å². The van der Waals surface area contributed by atoms with E-state index in [9.17, 15) is 23.7 Å². The van der Waals surface area contributed by atoms with Crippen LogP contribution in [0.3, 0.4) is 0 Å². The number of rotatable bonds is 8. The van der Waals surface area contributed by atoms with E-state index in [2.05, 4.69) is 499 Å². The molecule has 0 amide bonds. The topological polar surface area (TPSA) is 82.5 Å². The van der Waals surface area contributed by atoms with Gasteiger partial charge in [-0.1, -0.05) is 369 Å². The van der Waals surface area contributed by atoms with Crippen LogP contribution in [0.4, 0.5) is 45.5 Å². The highest BCUT2D eigenvalue weighted by molar-refractivity contribution is 7.01. The molecule has 26 aromatic rings. The highest BCUT2D eigenvalue weighted by atomic mass is 15.2. The maximum atomic E-state index is 12.5. The average Bonchev–Trinajstić information content (AvgIpc) is 1.58. The summed E-state index contributed by atoms with van der Waals surface area (Å²) in [5.74, 6) is 0. The molecule has 0 saturated heterocycles. The number of fused-ring (bicyclic) bond motifs is 24. The van der Waals surface area contributed by atoms with E-state index in [1.54, 1.807) is 0 Å². The fraction of sp³-hybridized carbons (Fsp3) is 0.0588. The number of anilines is 6. The van der Waals surface area contributed by atoms with Crippen molar-refractivity contribution >= 4 is 222 Å². The molecule has 4 aromatic heterocycles. The first-order valence-electron chi connectivity index (χ1n) is 50.8. The van der Waals surface area contributed by atoms with Gasteiger partial charge in [0.1, 0.15) is 12.1 Å². The molecule has 0 atom stereocenters. The van der Waals surface area contributed by atoms with Crippen LogP contribution < -0.4 is 42.6 Å². The van der Waals surface area contributed by atoms with E-state index in [4.69, 9.17) is 4.85 Å². The van der Waals surface area contributed by atoms with Crippen molar-refractivity contribution in [3.05, 3.63) is 470 Å². The zero-order chi connectivity index (χ0) is 99.1. The van der Waals surface area contributed by atoms with Crippen molar-refractivity contribution in [2.75, 3.05) is 9.80 Å². The van der Waals surface area contributed by atoms with Gasteiger partial charge in [0.25, 0.3) is 13.4 Å². The predicted octanol–water partition coefficient (Wildman–Crippen LogP) is 31.7. The minimum absolute atomic E-state index is 0.0768. The van der Waals surface area contributed by atoms with Gasteiger partial charge in [0.05, 0.1) is 91.5 Å². The summed E-state index contributed by atoms with van der Waals surface area (Å²) in [5.41, 5.74) is 36.2. The lowest BCUT2D eigenvalue weighted by atomic mass is 9.33. The molecular weight excluding hydrogens is 1800 g/mol. The molecule has 0 spiro atoms. The Hall–Kier alpha value is -19.2. The SMILES string of the molecule is [C-]#[N+]c1c(-n2c3ccc(-c4c5ccccc5c(-c5ccccc5)c5ccccc45)cc3c3cc(-c4c5ccccc5c(-c5ccccc5)c5ccccc45)ccc32)c(C#N)c2c3c1-n1c4ccccc4c4cccc(c41)B3c1ccccc1N2c1ccccc1.[C-]#[N+]c1c(-n2c3ccc(C(C)(C)C)cc3c3cc(C(C)(C)C)ccc32)c(C#N)c2c3c1-n1c4ccccc4c4cccc(c41)B3c1ccccc1N2c1ccccc1. The molecule has 0 bridgehead atoms. The van der Waals surface area contributed by atoms with Gasteiger partial charge in [0, 0.05) is 76.9 Å². The summed E-state index contributed by atoms with van der Waals surface area (Å²) in [4.78, 5) is 13.9. The average molecular weight is 1880 g/mol. The Labute approximate surface area is 856 Å². The molecule has 30 rings (SSSR count). The maximum absolute atomic E-state index is 12.5. The number of hydrogen-bond donors (Lipinski definition) is 0. The van der Waals surface area contributed by atoms with E-state index in [1.807, 2.05) is 12.1 Å². The van der Waals surface area contributed by atoms with Crippen LogP contribution in [-0.2, 0) is 10.8 Å². The molecule has 0 radical (unpaired) electrons. The Bertz CT molecular complexity index is 10100. The van der Waals surface area contributed by atoms with Crippen LogP contribution in [-0.4, -0.2) is 31.7 Å². The first-order chi connectivity index (χ1) is 72.7. The summed E-state index contributed by atoms with van der Waals surface area (Å²) in [6.07, 6.45) is 0. The van der Waals surface area contributed by atoms with Crippen molar-refractivity contribution in [1.29, 1.82) is 10.5 Å². The Morgan fingerprint density at radius 3 is 0.851 bits per heavy atom. The Kier molecular flexibility index (Phi) is 18.6. The number of nitrogens with zero attached hydrogens (tertiary/aromatic N) is 10. The number of hydrogen-bond acceptors (Lipinski definition) is 4. The molecule has 688 valence electrons. The Morgan fingerprint density at radius 1 is 0.236 bits per heavy atom. The molecule has 22 aromatic carbocycles. The van der Waals surface area contributed by atoms with E-state index in [0.29, 0.717) is 33.9 Å². The molecule has 0 unspecified atom stereocenters. The molecule has 148 heavy (non-hydrogen) atoms. The third-order valence-corrected chi connectivity index (χ3v) is 32.1. The van der Waals surface area contributed by atoms with Crippen molar-refractivity contribution in [1.82, 2.24) is 18.3 Å². The minimum Gasteiger partial charge on any atom is -0.320 e. The largest absolute Gasteiger partial charge is 0.320 e. The van der Waals surface area contributed by atoms with Gasteiger partial charge in [-0.05, 0) is 239 Å². The molecule has 12 heteroatoms. The summed E-state index contributed by atoms with van der Waals surface area (Å²) in [5, 5.41) is 42.4. The van der Waals surface area contributed by atoms with Crippen LogP contribution in [0.2, 0.25) is 0 Å². The standard InChI is InChI=1S/C84H48BN5.C52H40BN5/c1-87-80-83(68(50-86)82-79-84(80)90-71-42-21-19-30-56(71)65-39-23-41-70(81(65)90)85(79)69-40-20-22-43-74(69)88(82)55-28-9-4-10-29-55)89-72-46-44-53(77-61-35-15-11-31-57(61)75(51-24-5-2-6-25-51)58-32-12-16-36-62(58)77)48-66(72)67-49-54(45-47-73(67)89)78-63-37-17-13-33-59(63)76(52-26-7-3-8-27-52)60-34-14-18-38-64(60)78;1-51(2,3)31-24-26-42-36(28-31)37-29-32(52(4,5)6)25-27-43(37)57(42)49-38(30-54)48-45-50(46(49)55-7)58-41-22-13-11-18-34(41)35-19-15-21-40(47(35)58)53(45)39-20-12-14-23-44(39)56(48)33-16-9-8-10-17-33/h2-49H;8-29H,1-6H3. The van der Waals surface area contributed by atoms with Gasteiger partial charge in [0.2, 0.25) is 11.4 Å². The fourth-order valence-corrected chi connectivity index (χ4v) is 26.0. The molecule has 0 fully saturated rings. The van der Waals surface area contributed by atoms with E-state index in [1.165, 1.54) is 60.4 Å². The maximum Gasteiger partial charge on any atom is 0.250 e. The van der Waals surface area contributed by atoms with Crippen LogP contribution in [0.1, 0.15) is 63.8 Å². The first-order valence-corrected chi connectivity index (χ1v) is 50.8. The van der Waals surface area contributed by atoms with Crippen molar-refractivity contribution in [3.63, 3.8) is 0 Å². The fourth-order valence-electron chi connectivity index (χ4n) is 26.0. The molecule has 10 nitrogen and oxygen atoms in total. The molecule has 0 saturated carbocycles. The van der Waals surface area contributed by atoms with Crippen LogP contribution in [0.25, 0.3) is 207 Å². The second-order valence-corrected chi connectivity index (χ2v) is 41.8. The lowest BCUT2D eigenvalue weighted by molar-refractivity contribution is 0.590. The zero-order valence-electron chi connectivity index (χ0n) is 82.0. The molecule has 4 aliphatic rings. The second kappa shape index (κ2) is 32.1. The quantitative estimate of drug-likeness (QED) is 0.0862. The van der Waals surface area contributed by atoms with Crippen LogP contribution >= 0.6 is 0 Å². The number of para-hydroxylation sites is 8. The monoisotopic (exact) mass is 1880 g/mol. The van der Waals surface area contributed by atoms with Crippen molar-refractivity contribution in [2.45, 2.75) is 52.4 Å². The van der Waals surface area contributed by atoms with Crippen molar-refractivity contribution < 1.29 is 0 Å². The number of aromatic nitrogens is 4. The number of nitriles is 2. The highest BCUT2D eigenvalue weighted by Crippen LogP contribution is 2.57. The predicted molar refractivity (Wildman–Crippen MR) is 620 cm³/mol. The minimum atomic E-state index is -0.285. The molecule has 8 heterocycles. The molecule has 4 aliphatic heterocycles. The zero-order valence-corrected chi connectivity index (χ0v) is 82.0. The lowest BCUT2D eigenvalue weighted by Crippen LogP contribution is -2.60. The van der Waals surface area contributed by atoms with E-state index >= 15 is 0 Å². The van der Waals surface area contributed by atoms with E-state index < -0.39 is 0 Å². The molecule has 0 N–H and O–H groups in total. The van der Waals surface area contributed by atoms with Crippen LogP contribution in [0.5, 0.6) is 0 Å². The van der Waals surface area contributed by atoms with Crippen molar-refractivity contribution in [2.24, 2.45) is 0 Å². The van der Waals surface area contributed by atoms with Crippen LogP contribution in [0.15, 0.2) is 425 Å². The second-order valence-electron chi connectivity index (χ2n) is 41.8. The highest BCUT2D eigenvalue weighted by Gasteiger charge is 2.49. The summed E-state index contributed by atoms with van der Waals surface area (Å²) in [7, 11) is 0. The van der Waals surface area contributed by atoms with E-state index in [0.717, 1.165) is 204 Å². The summed E-state index contributed by atoms with van der Waals surface area (Å²) in [6, 6.07) is 158. The Balaban J connectivity index is 0.000000154. The first kappa shape index (κ1) is 85.5. The molecular formula is C136H88B2N10. The Morgan fingerprint density at radius 2 is 0.514 bits per heavy atom. The third kappa shape index (κ3) is 12.0. The smallest absolute Gasteiger partial charge is 0.250 e. The van der Waals surface area contributed by atoms with Crippen LogP contribution in [0, 0.1) is 35.8 Å². The van der Waals surface area contributed by atoms with Gasteiger partial charge >= 0.3 is 0 Å². The summed E-state index contributed by atoms with van der Waals surface area (Å²) >= 11 is 0. The van der Waals surface area contributed by atoms with E-state index in [-0.39, 0.29) is 24.3 Å². The summed E-state index contributed by atoms with van der Waals surface area (Å²) in [6.45, 7) is 32.0. The normalized spacial score (nSPS) is 12.7. The number of benzene rings is 22. The van der Waals surface area contributed by atoms with Crippen molar-refractivity contribution in [3.8, 4) is 79.4 Å². The molecule has 0 aliphatic carbocycles. The van der Waals surface area contributed by atoms with Gasteiger partial charge < -0.3 is 28.1 Å². The van der Waals surface area contributed by atoms with Gasteiger partial charge in [0.15, 0.2) is 0 Å². The van der Waals surface area contributed by atoms with Gasteiger partial charge in [-0.25, -0.2) is 9.69 Å². The third-order valence-electron chi connectivity index (χ3n) is 32.1. The van der Waals surface area contributed by atoms with Gasteiger partial charge in [-0.3, -0.25) is 0 Å².